The second-order valence-electron chi connectivity index (χ2n) is 2.25. The van der Waals surface area contributed by atoms with Crippen LogP contribution < -0.4 is 0 Å². The molecule has 0 aromatic carbocycles. The van der Waals surface area contributed by atoms with E-state index >= 15 is 0 Å². The Labute approximate surface area is 64.2 Å². The van der Waals surface area contributed by atoms with Gasteiger partial charge in [-0.1, -0.05) is 0 Å². The van der Waals surface area contributed by atoms with E-state index in [2.05, 4.69) is 4.43 Å². The zero-order valence-corrected chi connectivity index (χ0v) is 8.72. The summed E-state index contributed by atoms with van der Waals surface area (Å²) in [6, 6.07) is 0. The van der Waals surface area contributed by atoms with Crippen LogP contribution in [-0.2, 0) is 14.0 Å². The molecule has 0 bridgehead atoms. The first-order valence-electron chi connectivity index (χ1n) is 3.35. The Kier molecular flexibility index (Phi) is 5.24. The summed E-state index contributed by atoms with van der Waals surface area (Å²) in [6.07, 6.45) is 0.573. The fourth-order valence-corrected chi connectivity index (χ4v) is 0.684. The van der Waals surface area contributed by atoms with Crippen molar-refractivity contribution in [2.75, 3.05) is 6.61 Å². The largest absolute Gasteiger partial charge is 0.529 e. The SMILES string of the molecule is CC(C)OCCC(=O)O[SiH3]. The van der Waals surface area contributed by atoms with Crippen molar-refractivity contribution in [1.82, 2.24) is 0 Å². The van der Waals surface area contributed by atoms with Crippen LogP contribution in [0, 0.1) is 0 Å². The fraction of sp³-hybridized carbons (Fsp3) is 0.833. The van der Waals surface area contributed by atoms with Crippen molar-refractivity contribution in [3.8, 4) is 0 Å². The maximum atomic E-state index is 10.5. The maximum absolute atomic E-state index is 10.5. The van der Waals surface area contributed by atoms with E-state index in [0.29, 0.717) is 23.5 Å². The third-order valence-corrected chi connectivity index (χ3v) is 1.44. The van der Waals surface area contributed by atoms with Crippen LogP contribution in [0.15, 0.2) is 0 Å². The predicted molar refractivity (Wildman–Crippen MR) is 41.7 cm³/mol. The molecule has 0 fully saturated rings. The third-order valence-electron chi connectivity index (χ3n) is 0.985. The zero-order chi connectivity index (χ0) is 7.98. The van der Waals surface area contributed by atoms with Gasteiger partial charge in [0.25, 0.3) is 5.97 Å². The molecule has 0 aliphatic rings. The minimum atomic E-state index is -0.160. The molecular weight excluding hydrogens is 148 g/mol. The number of rotatable bonds is 4. The Morgan fingerprint density at radius 1 is 1.60 bits per heavy atom. The van der Waals surface area contributed by atoms with Gasteiger partial charge >= 0.3 is 0 Å². The Morgan fingerprint density at radius 2 is 2.20 bits per heavy atom. The first-order valence-corrected chi connectivity index (χ1v) is 4.17. The molecule has 60 valence electrons. The highest BCUT2D eigenvalue weighted by Crippen LogP contribution is 1.90. The molecule has 0 aliphatic carbocycles. The van der Waals surface area contributed by atoms with Gasteiger partial charge in [0.15, 0.2) is 0 Å². The summed E-state index contributed by atoms with van der Waals surface area (Å²) < 4.78 is 9.68. The van der Waals surface area contributed by atoms with Crippen molar-refractivity contribution in [3.05, 3.63) is 0 Å². The second-order valence-corrected chi connectivity index (χ2v) is 2.65. The molecule has 0 atom stereocenters. The third kappa shape index (κ3) is 5.78. The van der Waals surface area contributed by atoms with Gasteiger partial charge in [0.2, 0.25) is 10.5 Å². The molecule has 3 nitrogen and oxygen atoms in total. The van der Waals surface area contributed by atoms with Gasteiger partial charge < -0.3 is 9.16 Å². The van der Waals surface area contributed by atoms with Gasteiger partial charge in [-0.15, -0.1) is 0 Å². The average molecular weight is 162 g/mol. The average Bonchev–Trinajstić information content (AvgIpc) is 1.87. The molecule has 0 spiro atoms. The number of carbonyl (C=O) groups is 1. The molecule has 0 heterocycles. The van der Waals surface area contributed by atoms with E-state index in [-0.39, 0.29) is 12.1 Å². The number of hydrogen-bond donors (Lipinski definition) is 0. The van der Waals surface area contributed by atoms with Crippen molar-refractivity contribution >= 4 is 16.5 Å². The van der Waals surface area contributed by atoms with Crippen molar-refractivity contribution in [2.45, 2.75) is 26.4 Å². The number of ether oxygens (including phenoxy) is 1. The van der Waals surface area contributed by atoms with Gasteiger partial charge in [0.1, 0.15) is 0 Å². The molecule has 0 rings (SSSR count). The monoisotopic (exact) mass is 162 g/mol. The first-order chi connectivity index (χ1) is 4.66. The molecule has 0 aliphatic heterocycles. The number of hydrogen-bond acceptors (Lipinski definition) is 3. The summed E-state index contributed by atoms with van der Waals surface area (Å²) in [5.41, 5.74) is 0. The topological polar surface area (TPSA) is 35.5 Å². The van der Waals surface area contributed by atoms with Crippen molar-refractivity contribution in [2.24, 2.45) is 0 Å². The molecule has 0 radical (unpaired) electrons. The van der Waals surface area contributed by atoms with Crippen LogP contribution in [0.5, 0.6) is 0 Å². The number of carbonyl (C=O) groups excluding carboxylic acids is 1. The zero-order valence-electron chi connectivity index (χ0n) is 6.72. The van der Waals surface area contributed by atoms with Crippen molar-refractivity contribution < 1.29 is 14.0 Å². The van der Waals surface area contributed by atoms with E-state index in [0.717, 1.165) is 0 Å². The molecule has 0 saturated carbocycles. The molecule has 0 N–H and O–H groups in total. The van der Waals surface area contributed by atoms with Crippen LogP contribution in [-0.4, -0.2) is 29.2 Å². The van der Waals surface area contributed by atoms with Gasteiger partial charge in [0, 0.05) is 0 Å². The second kappa shape index (κ2) is 5.43. The summed E-state index contributed by atoms with van der Waals surface area (Å²) in [7, 11) is 0.481. The van der Waals surface area contributed by atoms with Gasteiger partial charge in [-0.2, -0.15) is 0 Å². The van der Waals surface area contributed by atoms with Gasteiger partial charge in [-0.25, -0.2) is 0 Å². The quantitative estimate of drug-likeness (QED) is 0.529. The Hall–Kier alpha value is -0.353. The van der Waals surface area contributed by atoms with Crippen LogP contribution in [0.25, 0.3) is 0 Å². The summed E-state index contributed by atoms with van der Waals surface area (Å²) in [5.74, 6) is -0.160. The highest BCUT2D eigenvalue weighted by atomic mass is 28.2. The smallest absolute Gasteiger partial charge is 0.294 e. The maximum Gasteiger partial charge on any atom is 0.294 e. The highest BCUT2D eigenvalue weighted by molar-refractivity contribution is 6.05. The lowest BCUT2D eigenvalue weighted by molar-refractivity contribution is -0.135. The van der Waals surface area contributed by atoms with Crippen molar-refractivity contribution in [1.29, 1.82) is 0 Å². The summed E-state index contributed by atoms with van der Waals surface area (Å²) in [6.45, 7) is 4.34. The van der Waals surface area contributed by atoms with Crippen LogP contribution in [0.2, 0.25) is 0 Å². The summed E-state index contributed by atoms with van der Waals surface area (Å²) >= 11 is 0. The highest BCUT2D eigenvalue weighted by Gasteiger charge is 1.99. The molecular formula is C6H14O3Si. The van der Waals surface area contributed by atoms with E-state index in [1.165, 1.54) is 0 Å². The van der Waals surface area contributed by atoms with Crippen LogP contribution in [0.3, 0.4) is 0 Å². The molecule has 0 amide bonds. The normalized spacial score (nSPS) is 10.3. The Morgan fingerprint density at radius 3 is 2.60 bits per heavy atom. The van der Waals surface area contributed by atoms with Crippen LogP contribution >= 0.6 is 0 Å². The lowest BCUT2D eigenvalue weighted by atomic mass is 10.4. The molecule has 0 aromatic heterocycles. The van der Waals surface area contributed by atoms with E-state index in [1.54, 1.807) is 0 Å². The van der Waals surface area contributed by atoms with E-state index in [1.807, 2.05) is 13.8 Å². The Balaban J connectivity index is 3.12. The first kappa shape index (κ1) is 9.65. The van der Waals surface area contributed by atoms with Crippen molar-refractivity contribution in [3.63, 3.8) is 0 Å². The van der Waals surface area contributed by atoms with Gasteiger partial charge in [0.05, 0.1) is 19.1 Å². The summed E-state index contributed by atoms with van der Waals surface area (Å²) in [4.78, 5) is 10.5. The molecule has 0 aromatic rings. The Bertz CT molecular complexity index is 103. The van der Waals surface area contributed by atoms with E-state index < -0.39 is 0 Å². The molecule has 0 saturated heterocycles. The molecule has 10 heavy (non-hydrogen) atoms. The molecule has 0 unspecified atom stereocenters. The standard InChI is InChI=1S/C6H14O3Si/c1-5(2)8-4-3-6(7)9-10/h5H,3-4H2,1-2,10H3. The van der Waals surface area contributed by atoms with E-state index in [9.17, 15) is 4.79 Å². The molecule has 4 heteroatoms. The van der Waals surface area contributed by atoms with Gasteiger partial charge in [-0.3, -0.25) is 4.79 Å². The fourth-order valence-electron chi connectivity index (χ4n) is 0.480. The van der Waals surface area contributed by atoms with Gasteiger partial charge in [-0.05, 0) is 13.8 Å². The van der Waals surface area contributed by atoms with Crippen LogP contribution in [0.1, 0.15) is 20.3 Å². The van der Waals surface area contributed by atoms with Crippen LogP contribution in [0.4, 0.5) is 0 Å². The minimum Gasteiger partial charge on any atom is -0.529 e. The summed E-state index contributed by atoms with van der Waals surface area (Å²) in [5, 5.41) is 0. The lowest BCUT2D eigenvalue weighted by Crippen LogP contribution is -2.10. The minimum absolute atomic E-state index is 0.160. The lowest BCUT2D eigenvalue weighted by Gasteiger charge is -2.05. The van der Waals surface area contributed by atoms with E-state index in [4.69, 9.17) is 4.74 Å². The predicted octanol–water partition coefficient (Wildman–Crippen LogP) is -0.375.